The fourth-order valence-electron chi connectivity index (χ4n) is 4.49. The summed E-state index contributed by atoms with van der Waals surface area (Å²) < 4.78 is 21.8. The van der Waals surface area contributed by atoms with E-state index in [9.17, 15) is 14.4 Å². The Balaban J connectivity index is 1.34. The average molecular weight is 594 g/mol. The number of rotatable bonds is 12. The molecule has 1 aromatic heterocycles. The number of nitrogens with zero attached hydrogens (tertiary/aromatic N) is 1. The van der Waals surface area contributed by atoms with E-state index in [2.05, 4.69) is 15.8 Å². The number of amides is 2. The molecule has 1 unspecified atom stereocenters. The summed E-state index contributed by atoms with van der Waals surface area (Å²) in [5, 5.41) is 7.41. The van der Waals surface area contributed by atoms with Gasteiger partial charge >= 0.3 is 5.97 Å². The Kier molecular flexibility index (Phi) is 10.6. The quantitative estimate of drug-likeness (QED) is 0.164. The van der Waals surface area contributed by atoms with Crippen molar-refractivity contribution in [1.82, 2.24) is 5.43 Å². The summed E-state index contributed by atoms with van der Waals surface area (Å²) in [6.07, 6.45) is 4.41. The minimum atomic E-state index is -0.846. The molecular weight excluding hydrogens is 558 g/mol. The first kappa shape index (κ1) is 30.6. The number of hydrogen-bond acceptors (Lipinski definition) is 9. The lowest BCUT2D eigenvalue weighted by Gasteiger charge is -2.13. The minimum Gasteiger partial charge on any atom is -0.493 e. The Morgan fingerprint density at radius 1 is 1.02 bits per heavy atom. The number of methoxy groups -OCH3 is 1. The number of benzene rings is 2. The number of hydrogen-bond donors (Lipinski definition) is 2. The molecule has 0 spiro atoms. The summed E-state index contributed by atoms with van der Waals surface area (Å²) in [7, 11) is 1.55. The Morgan fingerprint density at radius 2 is 1.79 bits per heavy atom. The van der Waals surface area contributed by atoms with Crippen LogP contribution in [0.1, 0.15) is 70.3 Å². The number of aryl methyl sites for hydroxylation is 1. The molecule has 11 heteroatoms. The van der Waals surface area contributed by atoms with E-state index in [1.807, 2.05) is 6.92 Å². The van der Waals surface area contributed by atoms with Crippen LogP contribution in [0, 0.1) is 0 Å². The van der Waals surface area contributed by atoms with Crippen LogP contribution >= 0.6 is 11.3 Å². The van der Waals surface area contributed by atoms with Crippen LogP contribution in [0.4, 0.5) is 5.00 Å². The Hall–Kier alpha value is -4.38. The lowest BCUT2D eigenvalue weighted by Crippen LogP contribution is -2.33. The molecule has 1 aliphatic rings. The largest absolute Gasteiger partial charge is 0.493 e. The minimum absolute atomic E-state index is 0.263. The topological polar surface area (TPSA) is 125 Å². The van der Waals surface area contributed by atoms with E-state index in [-0.39, 0.29) is 12.5 Å². The van der Waals surface area contributed by atoms with Crippen molar-refractivity contribution in [2.24, 2.45) is 5.10 Å². The smallest absolute Gasteiger partial charge is 0.341 e. The summed E-state index contributed by atoms with van der Waals surface area (Å²) >= 11 is 1.44. The van der Waals surface area contributed by atoms with Crippen LogP contribution in [0.15, 0.2) is 47.6 Å². The number of anilines is 1. The van der Waals surface area contributed by atoms with E-state index in [1.54, 1.807) is 63.4 Å². The number of esters is 1. The maximum atomic E-state index is 13.0. The lowest BCUT2D eigenvalue weighted by atomic mass is 9.95. The third kappa shape index (κ3) is 7.47. The predicted molar refractivity (Wildman–Crippen MR) is 161 cm³/mol. The van der Waals surface area contributed by atoms with Gasteiger partial charge in [-0.3, -0.25) is 9.59 Å². The monoisotopic (exact) mass is 593 g/mol. The van der Waals surface area contributed by atoms with Crippen molar-refractivity contribution in [2.75, 3.05) is 25.6 Å². The number of carbonyl (C=O) groups excluding carboxylic acids is 3. The van der Waals surface area contributed by atoms with Crippen molar-refractivity contribution in [3.8, 4) is 17.2 Å². The summed E-state index contributed by atoms with van der Waals surface area (Å²) in [5.41, 5.74) is 5.02. The van der Waals surface area contributed by atoms with Gasteiger partial charge in [0.25, 0.3) is 11.8 Å². The van der Waals surface area contributed by atoms with Gasteiger partial charge in [-0.1, -0.05) is 0 Å². The van der Waals surface area contributed by atoms with Crippen LogP contribution in [0.3, 0.4) is 0 Å². The second-order valence-electron chi connectivity index (χ2n) is 9.45. The van der Waals surface area contributed by atoms with Gasteiger partial charge in [-0.15, -0.1) is 11.3 Å². The van der Waals surface area contributed by atoms with E-state index in [4.69, 9.17) is 18.9 Å². The van der Waals surface area contributed by atoms with Crippen LogP contribution in [0.5, 0.6) is 17.2 Å². The average Bonchev–Trinajstić information content (AvgIpc) is 3.36. The first-order chi connectivity index (χ1) is 20.3. The van der Waals surface area contributed by atoms with Gasteiger partial charge in [0.05, 0.1) is 32.1 Å². The van der Waals surface area contributed by atoms with Gasteiger partial charge in [0.1, 0.15) is 10.8 Å². The summed E-state index contributed by atoms with van der Waals surface area (Å²) in [6.45, 7) is 6.03. The van der Waals surface area contributed by atoms with Crippen molar-refractivity contribution < 1.29 is 33.3 Å². The van der Waals surface area contributed by atoms with Crippen LogP contribution in [-0.2, 0) is 22.4 Å². The maximum absolute atomic E-state index is 13.0. The second-order valence-corrected chi connectivity index (χ2v) is 10.6. The van der Waals surface area contributed by atoms with Gasteiger partial charge in [0, 0.05) is 10.4 Å². The highest BCUT2D eigenvalue weighted by molar-refractivity contribution is 7.17. The highest BCUT2D eigenvalue weighted by atomic mass is 32.1. The number of ether oxygens (including phenoxy) is 4. The molecule has 2 N–H and O–H groups in total. The van der Waals surface area contributed by atoms with E-state index in [0.717, 1.165) is 41.7 Å². The summed E-state index contributed by atoms with van der Waals surface area (Å²) in [5.74, 6) is 0.393. The third-order valence-electron chi connectivity index (χ3n) is 6.55. The maximum Gasteiger partial charge on any atom is 0.341 e. The van der Waals surface area contributed by atoms with E-state index >= 15 is 0 Å². The molecule has 3 aromatic rings. The summed E-state index contributed by atoms with van der Waals surface area (Å²) in [4.78, 5) is 39.3. The molecular formula is C31H35N3O7S. The van der Waals surface area contributed by atoms with Crippen LogP contribution in [-0.4, -0.2) is 50.4 Å². The Labute approximate surface area is 249 Å². The van der Waals surface area contributed by atoms with Crippen LogP contribution in [0.25, 0.3) is 0 Å². The molecule has 222 valence electrons. The highest BCUT2D eigenvalue weighted by Gasteiger charge is 2.27. The van der Waals surface area contributed by atoms with Gasteiger partial charge in [0.2, 0.25) is 0 Å². The summed E-state index contributed by atoms with van der Waals surface area (Å²) in [6, 6.07) is 11.7. The standard InChI is InChI=1S/C31H35N3O7S/c1-5-39-24-16-11-20(17-25(24)38-4)18-32-34-28(35)19(3)41-22-14-12-21(13-15-22)29(36)33-30-27(31(37)40-6-2)23-9-7-8-10-26(23)42-30/h11-19H,5-10H2,1-4H3,(H,33,36)(H,34,35)/b32-18+. The molecule has 0 fully saturated rings. The second kappa shape index (κ2) is 14.5. The fourth-order valence-corrected chi connectivity index (χ4v) is 5.76. The molecule has 10 nitrogen and oxygen atoms in total. The van der Waals surface area contributed by atoms with Crippen molar-refractivity contribution in [3.63, 3.8) is 0 Å². The highest BCUT2D eigenvalue weighted by Crippen LogP contribution is 2.39. The van der Waals surface area contributed by atoms with Gasteiger partial charge in [-0.25, -0.2) is 10.2 Å². The first-order valence-electron chi connectivity index (χ1n) is 13.9. The van der Waals surface area contributed by atoms with E-state index in [0.29, 0.717) is 40.0 Å². The Bertz CT molecular complexity index is 1450. The third-order valence-corrected chi connectivity index (χ3v) is 7.76. The zero-order valence-corrected chi connectivity index (χ0v) is 25.0. The molecule has 0 bridgehead atoms. The normalized spacial score (nSPS) is 13.1. The molecule has 0 aliphatic heterocycles. The van der Waals surface area contributed by atoms with E-state index < -0.39 is 18.0 Å². The molecule has 4 rings (SSSR count). The van der Waals surface area contributed by atoms with Crippen LogP contribution in [0.2, 0.25) is 0 Å². The number of fused-ring (bicyclic) bond motifs is 1. The molecule has 2 aromatic carbocycles. The van der Waals surface area contributed by atoms with Gasteiger partial charge in [0.15, 0.2) is 17.6 Å². The molecule has 0 saturated heterocycles. The van der Waals surface area contributed by atoms with Gasteiger partial charge in [-0.2, -0.15) is 5.10 Å². The molecule has 42 heavy (non-hydrogen) atoms. The number of hydrazone groups is 1. The molecule has 1 heterocycles. The zero-order valence-electron chi connectivity index (χ0n) is 24.2. The van der Waals surface area contributed by atoms with Crippen molar-refractivity contribution in [2.45, 2.75) is 52.6 Å². The van der Waals surface area contributed by atoms with Gasteiger partial charge < -0.3 is 24.3 Å². The number of thiophene rings is 1. The Morgan fingerprint density at radius 3 is 2.50 bits per heavy atom. The van der Waals surface area contributed by atoms with Crippen molar-refractivity contribution in [1.29, 1.82) is 0 Å². The van der Waals surface area contributed by atoms with Crippen molar-refractivity contribution in [3.05, 3.63) is 69.6 Å². The first-order valence-corrected chi connectivity index (χ1v) is 14.7. The van der Waals surface area contributed by atoms with Gasteiger partial charge in [-0.05, 0) is 100 Å². The number of carbonyl (C=O) groups is 3. The van der Waals surface area contributed by atoms with Crippen LogP contribution < -0.4 is 25.0 Å². The fraction of sp³-hybridized carbons (Fsp3) is 0.355. The molecule has 0 radical (unpaired) electrons. The van der Waals surface area contributed by atoms with E-state index in [1.165, 1.54) is 17.6 Å². The zero-order chi connectivity index (χ0) is 30.1. The number of nitrogens with one attached hydrogen (secondary N) is 2. The van der Waals surface area contributed by atoms with Crippen molar-refractivity contribution >= 4 is 40.3 Å². The lowest BCUT2D eigenvalue weighted by molar-refractivity contribution is -0.127. The molecule has 1 aliphatic carbocycles. The molecule has 2 amide bonds. The predicted octanol–water partition coefficient (Wildman–Crippen LogP) is 5.38. The molecule has 0 saturated carbocycles. The molecule has 1 atom stereocenters. The SMILES string of the molecule is CCOC(=O)c1c(NC(=O)c2ccc(OC(C)C(=O)N/N=C/c3ccc(OCC)c(OC)c3)cc2)sc2c1CCCC2.